The summed E-state index contributed by atoms with van der Waals surface area (Å²) in [5, 5.41) is 9.84. The lowest BCUT2D eigenvalue weighted by Crippen LogP contribution is -1.99. The van der Waals surface area contributed by atoms with E-state index in [1.165, 1.54) is 0 Å². The molecule has 0 fully saturated rings. The van der Waals surface area contributed by atoms with Gasteiger partial charge in [0.05, 0.1) is 6.10 Å². The fourth-order valence-corrected chi connectivity index (χ4v) is 1.74. The summed E-state index contributed by atoms with van der Waals surface area (Å²) < 4.78 is 1.02. The van der Waals surface area contributed by atoms with E-state index in [-0.39, 0.29) is 0 Å². The van der Waals surface area contributed by atoms with Crippen LogP contribution in [0.5, 0.6) is 0 Å². The number of terminal acetylenes is 1. The molecule has 74 valence electrons. The van der Waals surface area contributed by atoms with Gasteiger partial charge in [-0.1, -0.05) is 28.1 Å². The van der Waals surface area contributed by atoms with Crippen molar-refractivity contribution >= 4 is 15.9 Å². The van der Waals surface area contributed by atoms with Crippen molar-refractivity contribution in [3.8, 4) is 12.3 Å². The van der Waals surface area contributed by atoms with E-state index in [0.717, 1.165) is 15.6 Å². The maximum atomic E-state index is 9.84. The highest BCUT2D eigenvalue weighted by Crippen LogP contribution is 2.26. The Morgan fingerprint density at radius 3 is 2.93 bits per heavy atom. The predicted molar refractivity (Wildman–Crippen MR) is 61.9 cm³/mol. The molecule has 0 aliphatic heterocycles. The van der Waals surface area contributed by atoms with Crippen molar-refractivity contribution in [2.75, 3.05) is 0 Å². The smallest absolute Gasteiger partial charge is 0.0802 e. The van der Waals surface area contributed by atoms with Crippen molar-refractivity contribution in [2.45, 2.75) is 25.9 Å². The Morgan fingerprint density at radius 1 is 1.57 bits per heavy atom. The van der Waals surface area contributed by atoms with Gasteiger partial charge in [0.1, 0.15) is 0 Å². The zero-order chi connectivity index (χ0) is 10.6. The molecule has 0 amide bonds. The van der Waals surface area contributed by atoms with Gasteiger partial charge in [-0.2, -0.15) is 0 Å². The van der Waals surface area contributed by atoms with E-state index in [1.807, 2.05) is 25.1 Å². The van der Waals surface area contributed by atoms with Gasteiger partial charge >= 0.3 is 0 Å². The molecule has 0 radical (unpaired) electrons. The molecule has 1 rings (SSSR count). The minimum Gasteiger partial charge on any atom is -0.388 e. The summed E-state index contributed by atoms with van der Waals surface area (Å²) in [7, 11) is 0. The van der Waals surface area contributed by atoms with Gasteiger partial charge in [0.25, 0.3) is 0 Å². The fourth-order valence-electron chi connectivity index (χ4n) is 1.36. The topological polar surface area (TPSA) is 20.2 Å². The molecular weight excluding hydrogens is 240 g/mol. The fraction of sp³-hybridized carbons (Fsp3) is 0.333. The van der Waals surface area contributed by atoms with Crippen LogP contribution in [0.25, 0.3) is 0 Å². The number of benzene rings is 1. The van der Waals surface area contributed by atoms with Gasteiger partial charge in [0.2, 0.25) is 0 Å². The van der Waals surface area contributed by atoms with Crippen LogP contribution in [-0.2, 0) is 0 Å². The number of hydrogen-bond donors (Lipinski definition) is 1. The SMILES string of the molecule is C#CCCC(O)c1cccc(Br)c1C. The van der Waals surface area contributed by atoms with Gasteiger partial charge in [0, 0.05) is 10.9 Å². The van der Waals surface area contributed by atoms with Gasteiger partial charge in [-0.25, -0.2) is 0 Å². The maximum Gasteiger partial charge on any atom is 0.0802 e. The standard InChI is InChI=1S/C12H13BrO/c1-3-4-8-12(14)10-6-5-7-11(13)9(10)2/h1,5-7,12,14H,4,8H2,2H3. The van der Waals surface area contributed by atoms with E-state index in [9.17, 15) is 5.11 Å². The zero-order valence-corrected chi connectivity index (χ0v) is 9.71. The predicted octanol–water partition coefficient (Wildman–Crippen LogP) is 3.20. The molecule has 1 unspecified atom stereocenters. The first-order chi connectivity index (χ1) is 6.66. The van der Waals surface area contributed by atoms with Crippen molar-refractivity contribution in [3.05, 3.63) is 33.8 Å². The molecule has 14 heavy (non-hydrogen) atoms. The summed E-state index contributed by atoms with van der Waals surface area (Å²) in [4.78, 5) is 0. The first-order valence-electron chi connectivity index (χ1n) is 4.53. The molecule has 1 atom stereocenters. The lowest BCUT2D eigenvalue weighted by molar-refractivity contribution is 0.168. The van der Waals surface area contributed by atoms with E-state index in [4.69, 9.17) is 6.42 Å². The molecule has 0 heterocycles. The Bertz CT molecular complexity index is 352. The Hall–Kier alpha value is -0.780. The highest BCUT2D eigenvalue weighted by Gasteiger charge is 2.10. The van der Waals surface area contributed by atoms with Gasteiger partial charge < -0.3 is 5.11 Å². The first kappa shape index (κ1) is 11.3. The van der Waals surface area contributed by atoms with E-state index in [0.29, 0.717) is 12.8 Å². The number of rotatable bonds is 3. The molecule has 2 heteroatoms. The zero-order valence-electron chi connectivity index (χ0n) is 8.13. The average Bonchev–Trinajstić information content (AvgIpc) is 2.18. The van der Waals surface area contributed by atoms with Crippen LogP contribution in [0.3, 0.4) is 0 Å². The van der Waals surface area contributed by atoms with Crippen LogP contribution in [0.15, 0.2) is 22.7 Å². The number of aliphatic hydroxyl groups excluding tert-OH is 1. The van der Waals surface area contributed by atoms with Crippen molar-refractivity contribution in [1.29, 1.82) is 0 Å². The number of halogens is 1. The number of aliphatic hydroxyl groups is 1. The third-order valence-corrected chi connectivity index (χ3v) is 3.09. The third-order valence-electron chi connectivity index (χ3n) is 2.23. The molecule has 1 aromatic carbocycles. The quantitative estimate of drug-likeness (QED) is 0.820. The number of hydrogen-bond acceptors (Lipinski definition) is 1. The second-order valence-electron chi connectivity index (χ2n) is 3.21. The normalized spacial score (nSPS) is 12.1. The molecule has 0 saturated heterocycles. The summed E-state index contributed by atoms with van der Waals surface area (Å²) in [6.07, 6.45) is 5.92. The lowest BCUT2D eigenvalue weighted by Gasteiger charge is -2.13. The van der Waals surface area contributed by atoms with Gasteiger partial charge in [0.15, 0.2) is 0 Å². The van der Waals surface area contributed by atoms with E-state index in [1.54, 1.807) is 0 Å². The van der Waals surface area contributed by atoms with Crippen LogP contribution < -0.4 is 0 Å². The van der Waals surface area contributed by atoms with Crippen LogP contribution in [0.1, 0.15) is 30.1 Å². The summed E-state index contributed by atoms with van der Waals surface area (Å²) in [6, 6.07) is 5.82. The van der Waals surface area contributed by atoms with Crippen LogP contribution >= 0.6 is 15.9 Å². The summed E-state index contributed by atoms with van der Waals surface area (Å²) >= 11 is 3.43. The van der Waals surface area contributed by atoms with Crippen LogP contribution in [0.2, 0.25) is 0 Å². The highest BCUT2D eigenvalue weighted by molar-refractivity contribution is 9.10. The Kier molecular flexibility index (Phi) is 4.19. The molecule has 1 N–H and O–H groups in total. The molecule has 0 aromatic heterocycles. The van der Waals surface area contributed by atoms with Gasteiger partial charge in [-0.3, -0.25) is 0 Å². The maximum absolute atomic E-state index is 9.84. The molecule has 1 nitrogen and oxygen atoms in total. The van der Waals surface area contributed by atoms with Crippen molar-refractivity contribution in [2.24, 2.45) is 0 Å². The van der Waals surface area contributed by atoms with Crippen molar-refractivity contribution < 1.29 is 5.11 Å². The van der Waals surface area contributed by atoms with Crippen LogP contribution in [0.4, 0.5) is 0 Å². The molecule has 0 saturated carbocycles. The van der Waals surface area contributed by atoms with Crippen LogP contribution in [0, 0.1) is 19.3 Å². The largest absolute Gasteiger partial charge is 0.388 e. The molecule has 0 spiro atoms. The van der Waals surface area contributed by atoms with Gasteiger partial charge in [-0.15, -0.1) is 12.3 Å². The van der Waals surface area contributed by atoms with E-state index >= 15 is 0 Å². The second kappa shape index (κ2) is 5.19. The monoisotopic (exact) mass is 252 g/mol. The third kappa shape index (κ3) is 2.60. The Balaban J connectivity index is 2.85. The van der Waals surface area contributed by atoms with Crippen molar-refractivity contribution in [3.63, 3.8) is 0 Å². The summed E-state index contributed by atoms with van der Waals surface area (Å²) in [5.41, 5.74) is 2.03. The molecular formula is C12H13BrO. The van der Waals surface area contributed by atoms with Gasteiger partial charge in [-0.05, 0) is 30.5 Å². The Morgan fingerprint density at radius 2 is 2.29 bits per heavy atom. The first-order valence-corrected chi connectivity index (χ1v) is 5.32. The molecule has 0 aliphatic carbocycles. The summed E-state index contributed by atoms with van der Waals surface area (Å²) in [6.45, 7) is 1.98. The molecule has 0 aliphatic rings. The lowest BCUT2D eigenvalue weighted by atomic mass is 10.0. The van der Waals surface area contributed by atoms with E-state index < -0.39 is 6.10 Å². The summed E-state index contributed by atoms with van der Waals surface area (Å²) in [5.74, 6) is 2.53. The van der Waals surface area contributed by atoms with E-state index in [2.05, 4.69) is 21.9 Å². The molecule has 0 bridgehead atoms. The Labute approximate surface area is 93.3 Å². The highest BCUT2D eigenvalue weighted by atomic mass is 79.9. The second-order valence-corrected chi connectivity index (χ2v) is 4.07. The van der Waals surface area contributed by atoms with Crippen molar-refractivity contribution in [1.82, 2.24) is 0 Å². The minimum atomic E-state index is -0.455. The minimum absolute atomic E-state index is 0.455. The molecule has 1 aromatic rings. The average molecular weight is 253 g/mol. The van der Waals surface area contributed by atoms with Crippen LogP contribution in [-0.4, -0.2) is 5.11 Å².